The zero-order chi connectivity index (χ0) is 18.7. The highest BCUT2D eigenvalue weighted by atomic mass is 16.6. The molecule has 0 aliphatic carbocycles. The van der Waals surface area contributed by atoms with Crippen molar-refractivity contribution in [2.45, 2.75) is 33.2 Å². The smallest absolute Gasteiger partial charge is 0.325 e. The number of carboxylic acids is 1. The molecule has 0 aromatic heterocycles. The summed E-state index contributed by atoms with van der Waals surface area (Å²) < 4.78 is 0. The monoisotopic (exact) mass is 349 g/mol. The standard InChI is InChI=1S/C17H23N3O5/c1-10-6-11(2)9-19(8-10)14-5-4-13(7-15(14)20(24)25)16(21)18-12(3)17(22)23/h4-5,7,10-12H,6,8-9H2,1-3H3,(H,18,21)(H,22,23)/t10?,11?,12-/m0/s1. The maximum Gasteiger partial charge on any atom is 0.325 e. The molecule has 1 aliphatic rings. The number of carbonyl (C=O) groups is 2. The van der Waals surface area contributed by atoms with Crippen molar-refractivity contribution in [2.75, 3.05) is 18.0 Å². The van der Waals surface area contributed by atoms with Crippen LogP contribution >= 0.6 is 0 Å². The van der Waals surface area contributed by atoms with Gasteiger partial charge < -0.3 is 15.3 Å². The van der Waals surface area contributed by atoms with E-state index in [4.69, 9.17) is 5.11 Å². The Morgan fingerprint density at radius 2 is 1.92 bits per heavy atom. The van der Waals surface area contributed by atoms with E-state index in [0.29, 0.717) is 17.5 Å². The molecule has 0 bridgehead atoms. The largest absolute Gasteiger partial charge is 0.480 e. The molecule has 8 heteroatoms. The Hall–Kier alpha value is -2.64. The van der Waals surface area contributed by atoms with Gasteiger partial charge in [0.2, 0.25) is 0 Å². The van der Waals surface area contributed by atoms with Crippen LogP contribution in [-0.4, -0.2) is 41.0 Å². The molecule has 3 atom stereocenters. The summed E-state index contributed by atoms with van der Waals surface area (Å²) in [5.41, 5.74) is 0.421. The number of anilines is 1. The van der Waals surface area contributed by atoms with Gasteiger partial charge in [-0.25, -0.2) is 0 Å². The van der Waals surface area contributed by atoms with Gasteiger partial charge in [0.25, 0.3) is 11.6 Å². The van der Waals surface area contributed by atoms with Crippen LogP contribution in [0.4, 0.5) is 11.4 Å². The highest BCUT2D eigenvalue weighted by Gasteiger charge is 2.28. The third kappa shape index (κ3) is 4.46. The summed E-state index contributed by atoms with van der Waals surface area (Å²) in [4.78, 5) is 35.9. The number of hydrogen-bond donors (Lipinski definition) is 2. The molecule has 1 saturated heterocycles. The van der Waals surface area contributed by atoms with Crippen LogP contribution in [0.15, 0.2) is 18.2 Å². The van der Waals surface area contributed by atoms with Crippen molar-refractivity contribution >= 4 is 23.3 Å². The quantitative estimate of drug-likeness (QED) is 0.623. The minimum atomic E-state index is -1.17. The molecule has 1 aromatic carbocycles. The van der Waals surface area contributed by atoms with Crippen LogP contribution in [0, 0.1) is 22.0 Å². The third-order valence-corrected chi connectivity index (χ3v) is 4.36. The Bertz CT molecular complexity index is 681. The lowest BCUT2D eigenvalue weighted by Crippen LogP contribution is -2.39. The third-order valence-electron chi connectivity index (χ3n) is 4.36. The number of nitro benzene ring substituents is 1. The first-order chi connectivity index (χ1) is 11.7. The number of hydrogen-bond acceptors (Lipinski definition) is 5. The molecule has 136 valence electrons. The second-order valence-corrected chi connectivity index (χ2v) is 6.85. The van der Waals surface area contributed by atoms with Crippen LogP contribution in [-0.2, 0) is 4.79 Å². The number of carbonyl (C=O) groups excluding carboxylic acids is 1. The van der Waals surface area contributed by atoms with Crippen molar-refractivity contribution in [2.24, 2.45) is 11.8 Å². The molecule has 2 rings (SSSR count). The number of benzene rings is 1. The second-order valence-electron chi connectivity index (χ2n) is 6.85. The zero-order valence-electron chi connectivity index (χ0n) is 14.6. The molecular weight excluding hydrogens is 326 g/mol. The van der Waals surface area contributed by atoms with Crippen LogP contribution in [0.5, 0.6) is 0 Å². The number of aliphatic carboxylic acids is 1. The van der Waals surface area contributed by atoms with E-state index >= 15 is 0 Å². The molecule has 25 heavy (non-hydrogen) atoms. The summed E-state index contributed by atoms with van der Waals surface area (Å²) in [5.74, 6) is -0.953. The molecule has 1 aromatic rings. The van der Waals surface area contributed by atoms with Gasteiger partial charge in [-0.1, -0.05) is 13.8 Å². The highest BCUT2D eigenvalue weighted by Crippen LogP contribution is 2.33. The lowest BCUT2D eigenvalue weighted by Gasteiger charge is -2.36. The van der Waals surface area contributed by atoms with Crippen molar-refractivity contribution in [3.05, 3.63) is 33.9 Å². The van der Waals surface area contributed by atoms with Crippen LogP contribution in [0.25, 0.3) is 0 Å². The van der Waals surface area contributed by atoms with Crippen LogP contribution in [0.1, 0.15) is 37.6 Å². The molecule has 2 unspecified atom stereocenters. The topological polar surface area (TPSA) is 113 Å². The molecule has 1 fully saturated rings. The van der Waals surface area contributed by atoms with E-state index < -0.39 is 22.8 Å². The Morgan fingerprint density at radius 1 is 1.32 bits per heavy atom. The fourth-order valence-electron chi connectivity index (χ4n) is 3.28. The second kappa shape index (κ2) is 7.50. The van der Waals surface area contributed by atoms with Crippen molar-refractivity contribution in [3.63, 3.8) is 0 Å². The zero-order valence-corrected chi connectivity index (χ0v) is 14.6. The summed E-state index contributed by atoms with van der Waals surface area (Å²) in [6.07, 6.45) is 1.08. The van der Waals surface area contributed by atoms with E-state index in [2.05, 4.69) is 19.2 Å². The predicted molar refractivity (Wildman–Crippen MR) is 92.8 cm³/mol. The van der Waals surface area contributed by atoms with E-state index in [-0.39, 0.29) is 11.3 Å². The molecule has 8 nitrogen and oxygen atoms in total. The van der Waals surface area contributed by atoms with Crippen LogP contribution in [0.3, 0.4) is 0 Å². The van der Waals surface area contributed by atoms with Gasteiger partial charge in [-0.15, -0.1) is 0 Å². The van der Waals surface area contributed by atoms with Crippen molar-refractivity contribution in [3.8, 4) is 0 Å². The predicted octanol–water partition coefficient (Wildman–Crippen LogP) is 2.28. The molecule has 1 aliphatic heterocycles. The van der Waals surface area contributed by atoms with E-state index in [9.17, 15) is 19.7 Å². The van der Waals surface area contributed by atoms with E-state index in [0.717, 1.165) is 19.5 Å². The average molecular weight is 349 g/mol. The van der Waals surface area contributed by atoms with Gasteiger partial charge in [0, 0.05) is 24.7 Å². The Kier molecular flexibility index (Phi) is 5.61. The number of piperidine rings is 1. The molecule has 1 amide bonds. The van der Waals surface area contributed by atoms with Gasteiger partial charge in [0.15, 0.2) is 0 Å². The Morgan fingerprint density at radius 3 is 2.44 bits per heavy atom. The SMILES string of the molecule is CC1CC(C)CN(c2ccc(C(=O)N[C@@H](C)C(=O)O)cc2[N+](=O)[O-])C1. The van der Waals surface area contributed by atoms with Crippen molar-refractivity contribution in [1.29, 1.82) is 0 Å². The van der Waals surface area contributed by atoms with Crippen molar-refractivity contribution < 1.29 is 19.6 Å². The van der Waals surface area contributed by atoms with E-state index in [1.54, 1.807) is 6.07 Å². The van der Waals surface area contributed by atoms with Gasteiger partial charge in [-0.2, -0.15) is 0 Å². The summed E-state index contributed by atoms with van der Waals surface area (Å²) in [7, 11) is 0. The number of rotatable bonds is 5. The maximum absolute atomic E-state index is 12.1. The summed E-state index contributed by atoms with van der Waals surface area (Å²) >= 11 is 0. The molecule has 0 saturated carbocycles. The van der Waals surface area contributed by atoms with Gasteiger partial charge >= 0.3 is 5.97 Å². The first-order valence-electron chi connectivity index (χ1n) is 8.26. The molecule has 0 spiro atoms. The van der Waals surface area contributed by atoms with Crippen molar-refractivity contribution in [1.82, 2.24) is 5.32 Å². The summed E-state index contributed by atoms with van der Waals surface area (Å²) in [6, 6.07) is 3.21. The van der Waals surface area contributed by atoms with Gasteiger partial charge in [-0.05, 0) is 37.3 Å². The number of nitrogens with zero attached hydrogens (tertiary/aromatic N) is 2. The normalized spacial score (nSPS) is 21.5. The summed E-state index contributed by atoms with van der Waals surface area (Å²) in [6.45, 7) is 7.02. The van der Waals surface area contributed by atoms with Gasteiger partial charge in [0.05, 0.1) is 4.92 Å². The highest BCUT2D eigenvalue weighted by molar-refractivity contribution is 5.97. The number of amides is 1. The van der Waals surface area contributed by atoms with Gasteiger partial charge in [-0.3, -0.25) is 19.7 Å². The van der Waals surface area contributed by atoms with Gasteiger partial charge in [0.1, 0.15) is 11.7 Å². The lowest BCUT2D eigenvalue weighted by atomic mass is 9.91. The summed E-state index contributed by atoms with van der Waals surface area (Å²) in [5, 5.41) is 22.6. The molecule has 2 N–H and O–H groups in total. The maximum atomic E-state index is 12.1. The minimum absolute atomic E-state index is 0.0710. The first-order valence-corrected chi connectivity index (χ1v) is 8.26. The van der Waals surface area contributed by atoms with Crippen LogP contribution < -0.4 is 10.2 Å². The Labute approximate surface area is 146 Å². The Balaban J connectivity index is 2.30. The van der Waals surface area contributed by atoms with E-state index in [1.807, 2.05) is 4.90 Å². The fourth-order valence-corrected chi connectivity index (χ4v) is 3.28. The average Bonchev–Trinajstić information content (AvgIpc) is 2.53. The molecule has 0 radical (unpaired) electrons. The van der Waals surface area contributed by atoms with Crippen LogP contribution in [0.2, 0.25) is 0 Å². The lowest BCUT2D eigenvalue weighted by molar-refractivity contribution is -0.384. The van der Waals surface area contributed by atoms with E-state index in [1.165, 1.54) is 19.1 Å². The first kappa shape index (κ1) is 18.7. The number of carboxylic acid groups (broad SMARTS) is 1. The minimum Gasteiger partial charge on any atom is -0.480 e. The fraction of sp³-hybridized carbons (Fsp3) is 0.529. The number of nitrogens with one attached hydrogen (secondary N) is 1. The molecule has 1 heterocycles. The number of nitro groups is 1. The molecular formula is C17H23N3O5.